The quantitative estimate of drug-likeness (QED) is 0.461. The molecule has 1 aromatic rings. The van der Waals surface area contributed by atoms with E-state index >= 15 is 0 Å². The van der Waals surface area contributed by atoms with E-state index in [0.717, 1.165) is 12.2 Å². The molecule has 0 aliphatic rings. The van der Waals surface area contributed by atoms with Crippen molar-refractivity contribution in [1.29, 1.82) is 0 Å². The zero-order chi connectivity index (χ0) is 10.1. The van der Waals surface area contributed by atoms with Crippen molar-refractivity contribution in [2.24, 2.45) is 0 Å². The van der Waals surface area contributed by atoms with Crippen molar-refractivity contribution in [2.75, 3.05) is 0 Å². The maximum absolute atomic E-state index is 8.44. The van der Waals surface area contributed by atoms with Crippen molar-refractivity contribution in [1.82, 2.24) is 0 Å². The number of rotatable bonds is 3. The summed E-state index contributed by atoms with van der Waals surface area (Å²) in [5.74, 6) is 1.05. The van der Waals surface area contributed by atoms with Crippen LogP contribution in [0.3, 0.4) is 0 Å². The Hall–Kier alpha value is -0.1000. The third-order valence-corrected chi connectivity index (χ3v) is 1.30. The molecule has 0 aliphatic heterocycles. The zero-order valence-corrected chi connectivity index (χ0v) is 11.1. The van der Waals surface area contributed by atoms with Crippen LogP contribution >= 0.6 is 0 Å². The number of aryl methyl sites for hydroxylation is 1. The van der Waals surface area contributed by atoms with E-state index in [9.17, 15) is 0 Å². The van der Waals surface area contributed by atoms with Gasteiger partial charge in [0.2, 0.25) is 0 Å². The molecule has 0 spiro atoms. The monoisotopic (exact) mass is 226 g/mol. The van der Waals surface area contributed by atoms with Crippen molar-refractivity contribution in [3.8, 4) is 0 Å². The van der Waals surface area contributed by atoms with Gasteiger partial charge < -0.3 is 4.42 Å². The molecule has 0 radical (unpaired) electrons. The molecule has 0 aromatic carbocycles. The Balaban J connectivity index is 0. The SMILES string of the molecule is CCCCc1cc[c-]o1.O=S(=O)=O.[Na+]. The molecule has 0 unspecified atom stereocenters. The van der Waals surface area contributed by atoms with E-state index in [0.29, 0.717) is 0 Å². The van der Waals surface area contributed by atoms with Crippen molar-refractivity contribution in [3.63, 3.8) is 0 Å². The van der Waals surface area contributed by atoms with Crippen LogP contribution in [0.15, 0.2) is 16.5 Å². The van der Waals surface area contributed by atoms with Gasteiger partial charge in [0.05, 0.1) is 0 Å². The van der Waals surface area contributed by atoms with Crippen LogP contribution in [0.4, 0.5) is 0 Å². The Labute approximate surface area is 107 Å². The number of hydrogen-bond donors (Lipinski definition) is 0. The minimum atomic E-state index is -3.11. The van der Waals surface area contributed by atoms with E-state index in [2.05, 4.69) is 13.2 Å². The summed E-state index contributed by atoms with van der Waals surface area (Å²) >= 11 is 0. The van der Waals surface area contributed by atoms with Crippen LogP contribution in [0.25, 0.3) is 0 Å². The Morgan fingerprint density at radius 1 is 1.43 bits per heavy atom. The van der Waals surface area contributed by atoms with Crippen LogP contribution in [-0.2, 0) is 17.0 Å². The summed E-state index contributed by atoms with van der Waals surface area (Å²) in [6.45, 7) is 2.17. The van der Waals surface area contributed by atoms with Crippen molar-refractivity contribution in [2.45, 2.75) is 26.2 Å². The second kappa shape index (κ2) is 11.0. The van der Waals surface area contributed by atoms with Gasteiger partial charge in [-0.3, -0.25) is 0 Å². The first-order valence-corrected chi connectivity index (χ1v) is 4.88. The summed E-state index contributed by atoms with van der Waals surface area (Å²) in [5, 5.41) is 0. The number of hydrogen-bond acceptors (Lipinski definition) is 4. The van der Waals surface area contributed by atoms with Crippen LogP contribution in [0.5, 0.6) is 0 Å². The van der Waals surface area contributed by atoms with E-state index in [4.69, 9.17) is 17.0 Å². The molecule has 0 saturated carbocycles. The average Bonchev–Trinajstić information content (AvgIpc) is 2.51. The molecule has 4 nitrogen and oxygen atoms in total. The molecule has 0 bridgehead atoms. The van der Waals surface area contributed by atoms with Gasteiger partial charge in [-0.1, -0.05) is 31.9 Å². The maximum Gasteiger partial charge on any atom is 1.00 e. The molecule has 14 heavy (non-hydrogen) atoms. The Morgan fingerprint density at radius 3 is 2.36 bits per heavy atom. The predicted octanol–water partition coefficient (Wildman–Crippen LogP) is -1.58. The largest absolute Gasteiger partial charge is 1.00 e. The van der Waals surface area contributed by atoms with Gasteiger partial charge in [-0.25, -0.2) is 0 Å². The van der Waals surface area contributed by atoms with E-state index in [1.54, 1.807) is 0 Å². The topological polar surface area (TPSA) is 64.3 Å². The summed E-state index contributed by atoms with van der Waals surface area (Å²) in [4.78, 5) is 0. The van der Waals surface area contributed by atoms with Gasteiger partial charge in [0.1, 0.15) is 0 Å². The molecule has 0 atom stereocenters. The van der Waals surface area contributed by atoms with Crippen LogP contribution in [0, 0.1) is 6.26 Å². The van der Waals surface area contributed by atoms with E-state index in [1.807, 2.05) is 12.1 Å². The van der Waals surface area contributed by atoms with Crippen molar-refractivity contribution < 1.29 is 46.6 Å². The summed E-state index contributed by atoms with van der Waals surface area (Å²) in [6.07, 6.45) is 6.15. The van der Waals surface area contributed by atoms with Crippen molar-refractivity contribution >= 4 is 10.6 Å². The summed E-state index contributed by atoms with van der Waals surface area (Å²) in [6, 6.07) is 3.78. The van der Waals surface area contributed by atoms with Gasteiger partial charge >= 0.3 is 40.2 Å². The summed E-state index contributed by atoms with van der Waals surface area (Å²) in [5.41, 5.74) is 0. The summed E-state index contributed by atoms with van der Waals surface area (Å²) in [7, 11) is -3.11. The Kier molecular flexibility index (Phi) is 12.8. The van der Waals surface area contributed by atoms with Crippen LogP contribution in [-0.4, -0.2) is 12.6 Å². The molecule has 0 fully saturated rings. The Morgan fingerprint density at radius 2 is 2.00 bits per heavy atom. The van der Waals surface area contributed by atoms with Gasteiger partial charge in [0.15, 0.2) is 0 Å². The molecule has 1 heterocycles. The van der Waals surface area contributed by atoms with E-state index < -0.39 is 10.6 Å². The fourth-order valence-electron chi connectivity index (χ4n) is 0.756. The maximum atomic E-state index is 8.44. The molecular formula is C8H11NaO4S. The minimum absolute atomic E-state index is 0. The fourth-order valence-corrected chi connectivity index (χ4v) is 0.756. The van der Waals surface area contributed by atoms with Crippen molar-refractivity contribution in [3.05, 3.63) is 24.2 Å². The number of unbranched alkanes of at least 4 members (excludes halogenated alkanes) is 1. The van der Waals surface area contributed by atoms with Gasteiger partial charge in [-0.2, -0.15) is 6.07 Å². The van der Waals surface area contributed by atoms with E-state index in [-0.39, 0.29) is 29.6 Å². The fraction of sp³-hybridized carbons (Fsp3) is 0.500. The third kappa shape index (κ3) is 11.9. The first-order valence-electron chi connectivity index (χ1n) is 3.88. The molecular weight excluding hydrogens is 215 g/mol. The molecule has 0 aliphatic carbocycles. The Bertz CT molecular complexity index is 295. The predicted molar refractivity (Wildman–Crippen MR) is 45.9 cm³/mol. The normalized spacial score (nSPS) is 8.07. The van der Waals surface area contributed by atoms with Gasteiger partial charge in [0, 0.05) is 0 Å². The first kappa shape index (κ1) is 16.3. The molecule has 6 heteroatoms. The molecule has 1 rings (SSSR count). The van der Waals surface area contributed by atoms with Crippen LogP contribution in [0.1, 0.15) is 25.5 Å². The van der Waals surface area contributed by atoms with Gasteiger partial charge in [-0.05, 0) is 6.26 Å². The minimum Gasteiger partial charge on any atom is -0.596 e. The second-order valence-electron chi connectivity index (χ2n) is 2.33. The van der Waals surface area contributed by atoms with Crippen LogP contribution in [0.2, 0.25) is 0 Å². The van der Waals surface area contributed by atoms with Crippen LogP contribution < -0.4 is 29.6 Å². The molecule has 0 amide bonds. The standard InChI is InChI=1S/C8H11O.Na.O3S/c1-2-3-5-8-6-4-7-9-8;;1-4(2)3/h4,6H,2-3,5H2,1H3;;/q-1;+1;. The smallest absolute Gasteiger partial charge is 0.596 e. The van der Waals surface area contributed by atoms with Gasteiger partial charge in [0.25, 0.3) is 0 Å². The third-order valence-electron chi connectivity index (χ3n) is 1.30. The van der Waals surface area contributed by atoms with Gasteiger partial charge in [-0.15, -0.1) is 18.7 Å². The molecule has 0 saturated heterocycles. The molecule has 74 valence electrons. The number of furan rings is 1. The second-order valence-corrected chi connectivity index (χ2v) is 2.74. The zero-order valence-electron chi connectivity index (χ0n) is 8.32. The molecule has 0 N–H and O–H groups in total. The van der Waals surface area contributed by atoms with E-state index in [1.165, 1.54) is 12.8 Å². The average molecular weight is 226 g/mol. The molecule has 1 aromatic heterocycles. The first-order chi connectivity index (χ1) is 6.16. The summed E-state index contributed by atoms with van der Waals surface area (Å²) < 4.78 is 30.3.